The largest absolute Gasteiger partial charge is 0.790 e. The fourth-order valence-corrected chi connectivity index (χ4v) is 6.65. The van der Waals surface area contributed by atoms with Crippen molar-refractivity contribution < 1.29 is 62.2 Å². The second-order valence-electron chi connectivity index (χ2n) is 10.2. The van der Waals surface area contributed by atoms with E-state index in [0.717, 1.165) is 21.8 Å². The van der Waals surface area contributed by atoms with Gasteiger partial charge in [0.2, 0.25) is 11.9 Å². The maximum Gasteiger partial charge on any atom is 0.280 e. The Hall–Kier alpha value is -3.68. The molecule has 6 heterocycles. The van der Waals surface area contributed by atoms with Crippen LogP contribution in [0, 0.1) is 0 Å². The van der Waals surface area contributed by atoms with Crippen molar-refractivity contribution in [2.24, 2.45) is 0 Å². The molecule has 2 aliphatic rings. The zero-order chi connectivity index (χ0) is 34.0. The summed E-state index contributed by atoms with van der Waals surface area (Å²) in [7, 11) is -11.4. The van der Waals surface area contributed by atoms with Crippen LogP contribution in [-0.4, -0.2) is 104 Å². The van der Waals surface area contributed by atoms with E-state index in [9.17, 15) is 48.7 Å². The van der Waals surface area contributed by atoms with Crippen LogP contribution >= 0.6 is 15.6 Å². The number of aromatic amines is 2. The van der Waals surface area contributed by atoms with Crippen molar-refractivity contribution >= 4 is 49.9 Å². The Labute approximate surface area is 258 Å². The lowest BCUT2D eigenvalue weighted by molar-refractivity contribution is -0.347. The van der Waals surface area contributed by atoms with Gasteiger partial charge in [-0.15, -0.1) is 0 Å². The number of aliphatic hydroxyl groups excluding tert-OH is 3. The number of imidazole rings is 2. The first kappa shape index (κ1) is 33.2. The number of phosphoric acid groups is 2. The van der Waals surface area contributed by atoms with E-state index < -0.39 is 89.1 Å². The fraction of sp³-hybridized carbons (Fsp3) is 0.500. The van der Waals surface area contributed by atoms with Crippen LogP contribution in [0.5, 0.6) is 0 Å². The number of ether oxygens (including phenoxy) is 2. The monoisotopic (exact) mass is 705 g/mol. The van der Waals surface area contributed by atoms with Gasteiger partial charge in [-0.25, -0.2) is 9.97 Å². The molecule has 4 aromatic heterocycles. The van der Waals surface area contributed by atoms with Crippen molar-refractivity contribution in [1.82, 2.24) is 39.0 Å². The first-order valence-electron chi connectivity index (χ1n) is 13.1. The molecule has 1 unspecified atom stereocenters. The number of rotatable bonds is 10. The van der Waals surface area contributed by atoms with E-state index in [2.05, 4.69) is 34.4 Å². The van der Waals surface area contributed by atoms with Crippen LogP contribution < -0.4 is 37.3 Å². The van der Waals surface area contributed by atoms with Gasteiger partial charge in [-0.3, -0.25) is 33.3 Å². The summed E-state index contributed by atoms with van der Waals surface area (Å²) in [5.74, 6) is -0.687. The van der Waals surface area contributed by atoms with E-state index in [0.29, 0.717) is 0 Å². The molecule has 27 heteroatoms. The molecular weight excluding hydrogens is 682 g/mol. The Morgan fingerprint density at radius 3 is 1.91 bits per heavy atom. The molecule has 0 aliphatic carbocycles. The molecule has 6 rings (SSSR count). The predicted molar refractivity (Wildman–Crippen MR) is 143 cm³/mol. The van der Waals surface area contributed by atoms with Crippen molar-refractivity contribution in [3.05, 3.63) is 33.4 Å². The minimum absolute atomic E-state index is 0.193. The minimum atomic E-state index is -5.84. The van der Waals surface area contributed by atoms with E-state index in [-0.39, 0.29) is 34.2 Å². The third kappa shape index (κ3) is 6.32. The summed E-state index contributed by atoms with van der Waals surface area (Å²) in [6, 6.07) is 0. The summed E-state index contributed by atoms with van der Waals surface area (Å²) in [5, 5.41) is 31.2. The van der Waals surface area contributed by atoms with Crippen LogP contribution in [-0.2, 0) is 32.2 Å². The summed E-state index contributed by atoms with van der Waals surface area (Å²) >= 11 is 0. The average Bonchev–Trinajstić information content (AvgIpc) is 3.72. The third-order valence-corrected chi connectivity index (χ3v) is 8.62. The molecule has 9 N–H and O–H groups in total. The molecule has 25 nitrogen and oxygen atoms in total. The molecule has 47 heavy (non-hydrogen) atoms. The first-order valence-corrected chi connectivity index (χ1v) is 16.1. The van der Waals surface area contributed by atoms with Gasteiger partial charge in [0.05, 0.1) is 33.7 Å². The average molecular weight is 705 g/mol. The molecule has 0 radical (unpaired) electrons. The molecule has 0 saturated carbocycles. The highest BCUT2D eigenvalue weighted by molar-refractivity contribution is 7.45. The molecule has 2 aliphatic heterocycles. The van der Waals surface area contributed by atoms with Gasteiger partial charge in [0.25, 0.3) is 18.9 Å². The Morgan fingerprint density at radius 1 is 0.851 bits per heavy atom. The second kappa shape index (κ2) is 12.1. The number of nitrogens with zero attached hydrogens (tertiary/aromatic N) is 6. The number of aromatic nitrogens is 8. The maximum absolute atomic E-state index is 13.0. The Bertz CT molecular complexity index is 2030. The number of hydrogen-bond acceptors (Lipinski definition) is 21. The van der Waals surface area contributed by atoms with Gasteiger partial charge >= 0.3 is 0 Å². The number of nitrogens with two attached hydrogens (primary N) is 2. The van der Waals surface area contributed by atoms with Crippen LogP contribution in [0.4, 0.5) is 11.9 Å². The Morgan fingerprint density at radius 2 is 1.38 bits per heavy atom. The summed E-state index contributed by atoms with van der Waals surface area (Å²) in [5.41, 5.74) is 8.74. The van der Waals surface area contributed by atoms with Gasteiger partial charge in [-0.05, 0) is 0 Å². The zero-order valence-corrected chi connectivity index (χ0v) is 24.9. The summed E-state index contributed by atoms with van der Waals surface area (Å²) < 4.78 is 52.0. The second-order valence-corrected chi connectivity index (χ2v) is 12.6. The molecular formula is C20H23N10O15P2-3. The summed E-state index contributed by atoms with van der Waals surface area (Å²) in [4.78, 5) is 80.3. The van der Waals surface area contributed by atoms with E-state index in [1.807, 2.05) is 0 Å². The standard InChI is InChI=1S/C20H26N10O15P2/c21-19-25-13-7(15(34)27-19)23-3-29(13)17-10(33)11(44-46(36,37)38)6(43-17)2-41-47(39,40)45-12-9(32)5(1-31)42-18(12)30-4-24-8-14(30)26-20(22)28-16(8)35/h3-6,9-12,17-18,31-33H,1-2H2,(H,39,40)(H2,36,37,38)(H3,21,25,27,34)(H3,22,26,28,35)/p-3/t5-,6-,9-,10-,11-,12-,17-,18-/m1/s1. The topological polar surface area (TPSA) is 389 Å². The van der Waals surface area contributed by atoms with Crippen molar-refractivity contribution in [2.45, 2.75) is 49.1 Å². The van der Waals surface area contributed by atoms with Gasteiger partial charge in [0.15, 0.2) is 34.8 Å². The highest BCUT2D eigenvalue weighted by Gasteiger charge is 2.50. The van der Waals surface area contributed by atoms with Gasteiger partial charge in [-0.1, -0.05) is 0 Å². The van der Waals surface area contributed by atoms with E-state index in [1.54, 1.807) is 0 Å². The fourth-order valence-electron chi connectivity index (χ4n) is 5.17. The highest BCUT2D eigenvalue weighted by Crippen LogP contribution is 2.48. The lowest BCUT2D eigenvalue weighted by Crippen LogP contribution is -2.39. The number of H-pyrrole nitrogens is 2. The molecule has 2 fully saturated rings. The molecule has 0 amide bonds. The van der Waals surface area contributed by atoms with Gasteiger partial charge in [0, 0.05) is 0 Å². The lowest BCUT2D eigenvalue weighted by atomic mass is 10.1. The lowest BCUT2D eigenvalue weighted by Gasteiger charge is -2.35. The quantitative estimate of drug-likeness (QED) is 0.0755. The van der Waals surface area contributed by atoms with E-state index in [4.69, 9.17) is 30.0 Å². The summed E-state index contributed by atoms with van der Waals surface area (Å²) in [6.07, 6.45) is -12.2. The molecule has 2 saturated heterocycles. The Kier molecular flexibility index (Phi) is 8.54. The number of nitrogens with one attached hydrogen (secondary N) is 2. The number of anilines is 2. The SMILES string of the molecule is Nc1nc2c(ncn2[C@@H]2O[C@H](COP(=O)([O-])O[C@@H]3[C@H](O)[C@@H](CO)O[C@H]3n3cnc4c(=O)[nH]c(N)nc43)[C@@H](OP(=O)([O-])[O-])[C@H]2O)c(=O)[nH]1. The van der Waals surface area contributed by atoms with Crippen LogP contribution in [0.25, 0.3) is 22.3 Å². The number of hydrogen-bond donors (Lipinski definition) is 7. The minimum Gasteiger partial charge on any atom is -0.790 e. The predicted octanol–water partition coefficient (Wildman–Crippen LogP) is -5.99. The van der Waals surface area contributed by atoms with Crippen molar-refractivity contribution in [3.8, 4) is 0 Å². The smallest absolute Gasteiger partial charge is 0.280 e. The molecule has 9 atom stereocenters. The van der Waals surface area contributed by atoms with Gasteiger partial charge in [0.1, 0.15) is 36.6 Å². The Balaban J connectivity index is 1.24. The number of aliphatic hydroxyl groups is 3. The molecule has 0 bridgehead atoms. The molecule has 256 valence electrons. The van der Waals surface area contributed by atoms with E-state index >= 15 is 0 Å². The van der Waals surface area contributed by atoms with Gasteiger partial charge in [-0.2, -0.15) is 9.97 Å². The van der Waals surface area contributed by atoms with Crippen LogP contribution in [0.15, 0.2) is 22.2 Å². The zero-order valence-electron chi connectivity index (χ0n) is 23.2. The van der Waals surface area contributed by atoms with Gasteiger partial charge < -0.3 is 69.1 Å². The van der Waals surface area contributed by atoms with Crippen molar-refractivity contribution in [1.29, 1.82) is 0 Å². The maximum atomic E-state index is 13.0. The van der Waals surface area contributed by atoms with Crippen LogP contribution in [0.1, 0.15) is 12.5 Å². The van der Waals surface area contributed by atoms with Crippen molar-refractivity contribution in [3.63, 3.8) is 0 Å². The third-order valence-electron chi connectivity index (χ3n) is 7.15. The molecule has 0 aromatic carbocycles. The normalized spacial score (nSPS) is 29.6. The first-order chi connectivity index (χ1) is 22.1. The van der Waals surface area contributed by atoms with Crippen molar-refractivity contribution in [2.75, 3.05) is 24.7 Å². The van der Waals surface area contributed by atoms with Crippen LogP contribution in [0.2, 0.25) is 0 Å². The molecule has 0 spiro atoms. The van der Waals surface area contributed by atoms with E-state index in [1.165, 1.54) is 0 Å². The van der Waals surface area contributed by atoms with Crippen LogP contribution in [0.3, 0.4) is 0 Å². The number of phosphoric ester groups is 2. The summed E-state index contributed by atoms with van der Waals surface area (Å²) in [6.45, 7) is -1.95. The number of nitrogen functional groups attached to an aromatic ring is 2. The number of fused-ring (bicyclic) bond motifs is 2. The molecule has 4 aromatic rings. The highest BCUT2D eigenvalue weighted by atomic mass is 31.2.